The van der Waals surface area contributed by atoms with E-state index in [1.165, 1.54) is 22.3 Å². The Kier molecular flexibility index (Phi) is 5.59. The van der Waals surface area contributed by atoms with Crippen LogP contribution < -0.4 is 5.32 Å². The third-order valence-electron chi connectivity index (χ3n) is 4.43. The van der Waals surface area contributed by atoms with E-state index in [-0.39, 0.29) is 11.9 Å². The van der Waals surface area contributed by atoms with Gasteiger partial charge >= 0.3 is 0 Å². The maximum Gasteiger partial charge on any atom is 0.251 e. The Morgan fingerprint density at radius 1 is 1.00 bits per heavy atom. The number of benzene rings is 2. The highest BCUT2D eigenvalue weighted by Crippen LogP contribution is 2.24. The summed E-state index contributed by atoms with van der Waals surface area (Å²) in [6.07, 6.45) is 2.04. The van der Waals surface area contributed by atoms with Crippen LogP contribution in [0.2, 0.25) is 0 Å². The number of carbonyl (C=O) groups excluding carboxylic acids is 1. The summed E-state index contributed by atoms with van der Waals surface area (Å²) in [5, 5.41) is 2.99. The minimum Gasteiger partial charge on any atom is -0.350 e. The molecule has 122 valence electrons. The number of carbonyl (C=O) groups is 1. The van der Waals surface area contributed by atoms with Crippen LogP contribution in [0.15, 0.2) is 36.4 Å². The molecule has 1 N–H and O–H groups in total. The van der Waals surface area contributed by atoms with Crippen molar-refractivity contribution in [1.29, 1.82) is 0 Å². The number of aryl methyl sites for hydroxylation is 2. The molecule has 1 amide bonds. The van der Waals surface area contributed by atoms with Crippen molar-refractivity contribution in [2.24, 2.45) is 0 Å². The molecular formula is C21H27NO. The molecule has 2 heteroatoms. The molecule has 0 atom stereocenters. The zero-order valence-corrected chi connectivity index (χ0v) is 14.9. The summed E-state index contributed by atoms with van der Waals surface area (Å²) in [6.45, 7) is 10.3. The molecule has 0 spiro atoms. The molecule has 0 heterocycles. The van der Waals surface area contributed by atoms with Crippen LogP contribution in [0.5, 0.6) is 0 Å². The van der Waals surface area contributed by atoms with Crippen molar-refractivity contribution >= 4 is 5.91 Å². The molecular weight excluding hydrogens is 282 g/mol. The minimum absolute atomic E-state index is 0.0262. The van der Waals surface area contributed by atoms with Gasteiger partial charge < -0.3 is 5.32 Å². The van der Waals surface area contributed by atoms with E-state index in [9.17, 15) is 4.79 Å². The molecule has 2 nitrogen and oxygen atoms in total. The number of rotatable bonds is 5. The second-order valence-corrected chi connectivity index (χ2v) is 6.58. The molecule has 0 aliphatic carbocycles. The lowest BCUT2D eigenvalue weighted by atomic mass is 9.90. The Balaban J connectivity index is 2.25. The van der Waals surface area contributed by atoms with Crippen LogP contribution in [0.3, 0.4) is 0 Å². The largest absolute Gasteiger partial charge is 0.350 e. The molecule has 2 aromatic rings. The lowest BCUT2D eigenvalue weighted by Gasteiger charge is -2.17. The van der Waals surface area contributed by atoms with Gasteiger partial charge in [-0.1, -0.05) is 30.3 Å². The van der Waals surface area contributed by atoms with E-state index >= 15 is 0 Å². The van der Waals surface area contributed by atoms with Gasteiger partial charge in [-0.05, 0) is 81.3 Å². The van der Waals surface area contributed by atoms with Crippen LogP contribution in [0.1, 0.15) is 52.0 Å². The topological polar surface area (TPSA) is 29.1 Å². The lowest BCUT2D eigenvalue weighted by Crippen LogP contribution is -2.31. The summed E-state index contributed by atoms with van der Waals surface area (Å²) >= 11 is 0. The van der Waals surface area contributed by atoms with Gasteiger partial charge in [0, 0.05) is 11.6 Å². The van der Waals surface area contributed by atoms with Crippen molar-refractivity contribution in [2.45, 2.75) is 53.5 Å². The van der Waals surface area contributed by atoms with Gasteiger partial charge in [0.05, 0.1) is 0 Å². The zero-order valence-electron chi connectivity index (χ0n) is 14.9. The maximum absolute atomic E-state index is 12.4. The summed E-state index contributed by atoms with van der Waals surface area (Å²) in [5.41, 5.74) is 7.07. The van der Waals surface area contributed by atoms with Crippen molar-refractivity contribution in [3.63, 3.8) is 0 Å². The van der Waals surface area contributed by atoms with Crippen molar-refractivity contribution in [1.82, 2.24) is 5.32 Å². The summed E-state index contributed by atoms with van der Waals surface area (Å²) in [6, 6.07) is 12.7. The van der Waals surface area contributed by atoms with E-state index < -0.39 is 0 Å². The first-order chi connectivity index (χ1) is 10.9. The maximum atomic E-state index is 12.4. The molecule has 0 aromatic heterocycles. The quantitative estimate of drug-likeness (QED) is 0.863. The van der Waals surface area contributed by atoms with Gasteiger partial charge in [0.1, 0.15) is 0 Å². The zero-order chi connectivity index (χ0) is 17.0. The first kappa shape index (κ1) is 17.3. The van der Waals surface area contributed by atoms with E-state index in [0.717, 1.165) is 24.0 Å². The normalized spacial score (nSPS) is 10.9. The van der Waals surface area contributed by atoms with Crippen molar-refractivity contribution in [3.05, 3.63) is 69.8 Å². The molecule has 2 rings (SSSR count). The van der Waals surface area contributed by atoms with Gasteiger partial charge in [0.15, 0.2) is 0 Å². The predicted octanol–water partition coefficient (Wildman–Crippen LogP) is 4.54. The highest BCUT2D eigenvalue weighted by molar-refractivity contribution is 5.96. The Labute approximate surface area is 139 Å². The van der Waals surface area contributed by atoms with Gasteiger partial charge in [-0.3, -0.25) is 4.79 Å². The van der Waals surface area contributed by atoms with E-state index in [1.54, 1.807) is 0 Å². The average Bonchev–Trinajstić information content (AvgIpc) is 2.51. The first-order valence-corrected chi connectivity index (χ1v) is 8.34. The Morgan fingerprint density at radius 2 is 1.65 bits per heavy atom. The van der Waals surface area contributed by atoms with Gasteiger partial charge in [-0.15, -0.1) is 0 Å². The van der Waals surface area contributed by atoms with Crippen LogP contribution in [0, 0.1) is 20.8 Å². The first-order valence-electron chi connectivity index (χ1n) is 8.34. The van der Waals surface area contributed by atoms with Gasteiger partial charge in [-0.25, -0.2) is 0 Å². The highest BCUT2D eigenvalue weighted by atomic mass is 16.1. The van der Waals surface area contributed by atoms with E-state index in [1.807, 2.05) is 26.0 Å². The average molecular weight is 309 g/mol. The monoisotopic (exact) mass is 309 g/mol. The van der Waals surface area contributed by atoms with E-state index in [2.05, 4.69) is 50.4 Å². The molecule has 0 bridgehead atoms. The van der Waals surface area contributed by atoms with Crippen molar-refractivity contribution in [3.8, 4) is 0 Å². The van der Waals surface area contributed by atoms with Crippen molar-refractivity contribution in [2.75, 3.05) is 0 Å². The summed E-state index contributed by atoms with van der Waals surface area (Å²) in [7, 11) is 0. The highest BCUT2D eigenvalue weighted by Gasteiger charge is 2.16. The summed E-state index contributed by atoms with van der Waals surface area (Å²) < 4.78 is 0. The summed E-state index contributed by atoms with van der Waals surface area (Å²) in [4.78, 5) is 12.4. The van der Waals surface area contributed by atoms with E-state index in [4.69, 9.17) is 0 Å². The van der Waals surface area contributed by atoms with Crippen LogP contribution in [-0.2, 0) is 12.8 Å². The molecule has 0 radical (unpaired) electrons. The fourth-order valence-corrected chi connectivity index (χ4v) is 3.01. The fourth-order valence-electron chi connectivity index (χ4n) is 3.01. The molecule has 0 aliphatic rings. The molecule has 2 aromatic carbocycles. The second-order valence-electron chi connectivity index (χ2n) is 6.58. The Hall–Kier alpha value is -2.09. The van der Waals surface area contributed by atoms with Crippen LogP contribution >= 0.6 is 0 Å². The molecule has 0 saturated carbocycles. The third-order valence-corrected chi connectivity index (χ3v) is 4.43. The molecule has 0 aliphatic heterocycles. The van der Waals surface area contributed by atoms with Crippen LogP contribution in [0.25, 0.3) is 0 Å². The molecule has 0 fully saturated rings. The predicted molar refractivity (Wildman–Crippen MR) is 97.1 cm³/mol. The fraction of sp³-hybridized carbons (Fsp3) is 0.381. The number of hydrogen-bond acceptors (Lipinski definition) is 1. The van der Waals surface area contributed by atoms with Gasteiger partial charge in [0.2, 0.25) is 0 Å². The number of nitrogens with one attached hydrogen (secondary N) is 1. The van der Waals surface area contributed by atoms with Gasteiger partial charge in [-0.2, -0.15) is 0 Å². The Bertz CT molecular complexity index is 687. The second kappa shape index (κ2) is 7.45. The summed E-state index contributed by atoms with van der Waals surface area (Å²) in [5.74, 6) is 0.0262. The number of amides is 1. The molecule has 0 saturated heterocycles. The molecule has 0 unspecified atom stereocenters. The third kappa shape index (κ3) is 4.22. The SMILES string of the molecule is Cc1cc(C(=O)NC(C)C)c(C)c(C)c1CCc1ccccc1. The smallest absolute Gasteiger partial charge is 0.251 e. The van der Waals surface area contributed by atoms with E-state index in [0.29, 0.717) is 0 Å². The molecule has 23 heavy (non-hydrogen) atoms. The van der Waals surface area contributed by atoms with Crippen LogP contribution in [0.4, 0.5) is 0 Å². The Morgan fingerprint density at radius 3 is 2.26 bits per heavy atom. The standard InChI is InChI=1S/C21H27NO/c1-14(2)22-21(23)20-13-15(3)19(16(4)17(20)5)12-11-18-9-7-6-8-10-18/h6-10,13-14H,11-12H2,1-5H3,(H,22,23). The van der Waals surface area contributed by atoms with Crippen molar-refractivity contribution < 1.29 is 4.79 Å². The lowest BCUT2D eigenvalue weighted by molar-refractivity contribution is 0.0942. The number of hydrogen-bond donors (Lipinski definition) is 1. The van der Waals surface area contributed by atoms with Crippen LogP contribution in [-0.4, -0.2) is 11.9 Å². The van der Waals surface area contributed by atoms with Gasteiger partial charge in [0.25, 0.3) is 5.91 Å². The minimum atomic E-state index is 0.0262.